The first-order valence-electron chi connectivity index (χ1n) is 4.71. The number of benzene rings is 1. The SMILES string of the molecule is C#C[C@H](C)c1ccc(C(C)C)cc1. The summed E-state index contributed by atoms with van der Waals surface area (Å²) in [5.41, 5.74) is 2.60. The number of terminal acetylenes is 1. The molecule has 0 N–H and O–H groups in total. The maximum Gasteiger partial charge on any atom is 0.0421 e. The van der Waals surface area contributed by atoms with E-state index in [0.717, 1.165) is 0 Å². The standard InChI is InChI=1S/C13H16/c1-5-11(4)13-8-6-12(7-9-13)10(2)3/h1,6-11H,2-4H3/t11-/m0/s1. The molecule has 0 aromatic heterocycles. The van der Waals surface area contributed by atoms with E-state index in [1.165, 1.54) is 11.1 Å². The molecule has 0 amide bonds. The van der Waals surface area contributed by atoms with E-state index in [1.54, 1.807) is 0 Å². The van der Waals surface area contributed by atoms with Crippen LogP contribution in [0.5, 0.6) is 0 Å². The second-order valence-corrected chi connectivity index (χ2v) is 3.71. The minimum atomic E-state index is 0.223. The fraction of sp³-hybridized carbons (Fsp3) is 0.385. The minimum absolute atomic E-state index is 0.223. The van der Waals surface area contributed by atoms with Crippen molar-refractivity contribution in [1.82, 2.24) is 0 Å². The maximum absolute atomic E-state index is 5.35. The van der Waals surface area contributed by atoms with Crippen molar-refractivity contribution in [2.24, 2.45) is 0 Å². The highest BCUT2D eigenvalue weighted by Crippen LogP contribution is 2.19. The van der Waals surface area contributed by atoms with E-state index in [2.05, 4.69) is 44.0 Å². The van der Waals surface area contributed by atoms with Gasteiger partial charge in [0.1, 0.15) is 0 Å². The molecule has 0 nitrogen and oxygen atoms in total. The summed E-state index contributed by atoms with van der Waals surface area (Å²) in [5, 5.41) is 0. The zero-order valence-electron chi connectivity index (χ0n) is 8.54. The van der Waals surface area contributed by atoms with Gasteiger partial charge in [0, 0.05) is 5.92 Å². The van der Waals surface area contributed by atoms with Crippen LogP contribution >= 0.6 is 0 Å². The second kappa shape index (κ2) is 4.14. The van der Waals surface area contributed by atoms with Gasteiger partial charge in [-0.25, -0.2) is 0 Å². The number of hydrogen-bond donors (Lipinski definition) is 0. The van der Waals surface area contributed by atoms with Gasteiger partial charge >= 0.3 is 0 Å². The fourth-order valence-electron chi connectivity index (χ4n) is 1.27. The summed E-state index contributed by atoms with van der Waals surface area (Å²) in [5.74, 6) is 3.55. The van der Waals surface area contributed by atoms with Gasteiger partial charge in [0.15, 0.2) is 0 Å². The van der Waals surface area contributed by atoms with Crippen molar-refractivity contribution in [3.63, 3.8) is 0 Å². The van der Waals surface area contributed by atoms with Crippen molar-refractivity contribution < 1.29 is 0 Å². The maximum atomic E-state index is 5.35. The van der Waals surface area contributed by atoms with Crippen LogP contribution in [0.3, 0.4) is 0 Å². The molecule has 1 atom stereocenters. The highest BCUT2D eigenvalue weighted by molar-refractivity contribution is 5.30. The van der Waals surface area contributed by atoms with Crippen LogP contribution in [0, 0.1) is 12.3 Å². The Bertz CT molecular complexity index is 298. The molecular formula is C13H16. The smallest absolute Gasteiger partial charge is 0.0421 e. The first-order valence-corrected chi connectivity index (χ1v) is 4.71. The number of hydrogen-bond acceptors (Lipinski definition) is 0. The zero-order valence-corrected chi connectivity index (χ0v) is 8.54. The Morgan fingerprint density at radius 2 is 1.46 bits per heavy atom. The lowest BCUT2D eigenvalue weighted by Gasteiger charge is -2.08. The molecule has 0 heteroatoms. The zero-order chi connectivity index (χ0) is 9.84. The third-order valence-corrected chi connectivity index (χ3v) is 2.35. The quantitative estimate of drug-likeness (QED) is 0.598. The Labute approximate surface area is 81.0 Å². The van der Waals surface area contributed by atoms with E-state index in [-0.39, 0.29) is 5.92 Å². The molecule has 0 bridgehead atoms. The van der Waals surface area contributed by atoms with Gasteiger partial charge in [-0.1, -0.05) is 44.0 Å². The second-order valence-electron chi connectivity index (χ2n) is 3.71. The Kier molecular flexibility index (Phi) is 3.14. The minimum Gasteiger partial charge on any atom is -0.119 e. The van der Waals surface area contributed by atoms with Gasteiger partial charge in [-0.05, 0) is 24.0 Å². The molecule has 0 spiro atoms. The van der Waals surface area contributed by atoms with Crippen molar-refractivity contribution in [3.8, 4) is 12.3 Å². The molecule has 0 unspecified atom stereocenters. The van der Waals surface area contributed by atoms with Gasteiger partial charge in [-0.15, -0.1) is 6.42 Å². The van der Waals surface area contributed by atoms with Crippen LogP contribution in [0.15, 0.2) is 24.3 Å². The fourth-order valence-corrected chi connectivity index (χ4v) is 1.27. The summed E-state index contributed by atoms with van der Waals surface area (Å²) >= 11 is 0. The van der Waals surface area contributed by atoms with Crippen molar-refractivity contribution in [1.29, 1.82) is 0 Å². The third-order valence-electron chi connectivity index (χ3n) is 2.35. The van der Waals surface area contributed by atoms with E-state index >= 15 is 0 Å². The Hall–Kier alpha value is -1.22. The summed E-state index contributed by atoms with van der Waals surface area (Å²) < 4.78 is 0. The summed E-state index contributed by atoms with van der Waals surface area (Å²) in [4.78, 5) is 0. The van der Waals surface area contributed by atoms with Crippen LogP contribution in [-0.2, 0) is 0 Å². The largest absolute Gasteiger partial charge is 0.119 e. The lowest BCUT2D eigenvalue weighted by molar-refractivity contribution is 0.863. The van der Waals surface area contributed by atoms with E-state index in [1.807, 2.05) is 6.92 Å². The van der Waals surface area contributed by atoms with Gasteiger partial charge in [0.2, 0.25) is 0 Å². The molecular weight excluding hydrogens is 156 g/mol. The van der Waals surface area contributed by atoms with E-state index < -0.39 is 0 Å². The topological polar surface area (TPSA) is 0 Å². The molecule has 1 aromatic rings. The Balaban J connectivity index is 2.89. The first kappa shape index (κ1) is 9.86. The van der Waals surface area contributed by atoms with Crippen molar-refractivity contribution >= 4 is 0 Å². The molecule has 0 heterocycles. The van der Waals surface area contributed by atoms with E-state index in [0.29, 0.717) is 5.92 Å². The lowest BCUT2D eigenvalue weighted by atomic mass is 9.97. The number of rotatable bonds is 2. The first-order chi connectivity index (χ1) is 6.15. The van der Waals surface area contributed by atoms with Crippen LogP contribution < -0.4 is 0 Å². The predicted molar refractivity (Wildman–Crippen MR) is 57.8 cm³/mol. The molecule has 0 aliphatic rings. The molecule has 0 radical (unpaired) electrons. The van der Waals surface area contributed by atoms with E-state index in [4.69, 9.17) is 6.42 Å². The van der Waals surface area contributed by atoms with Gasteiger partial charge < -0.3 is 0 Å². The molecule has 1 aromatic carbocycles. The summed E-state index contributed by atoms with van der Waals surface area (Å²) in [6, 6.07) is 8.57. The highest BCUT2D eigenvalue weighted by Gasteiger charge is 2.02. The molecule has 0 aliphatic carbocycles. The monoisotopic (exact) mass is 172 g/mol. The third kappa shape index (κ3) is 2.36. The van der Waals surface area contributed by atoms with Gasteiger partial charge in [-0.3, -0.25) is 0 Å². The van der Waals surface area contributed by atoms with Crippen molar-refractivity contribution in [3.05, 3.63) is 35.4 Å². The molecule has 1 rings (SSSR count). The van der Waals surface area contributed by atoms with Crippen LogP contribution in [0.2, 0.25) is 0 Å². The summed E-state index contributed by atoms with van der Waals surface area (Å²) in [6.45, 7) is 6.43. The molecule has 0 saturated heterocycles. The van der Waals surface area contributed by atoms with Crippen LogP contribution in [0.4, 0.5) is 0 Å². The normalized spacial score (nSPS) is 12.5. The van der Waals surface area contributed by atoms with Crippen LogP contribution in [0.25, 0.3) is 0 Å². The summed E-state index contributed by atoms with van der Waals surface area (Å²) in [7, 11) is 0. The highest BCUT2D eigenvalue weighted by atomic mass is 14.1. The molecule has 0 saturated carbocycles. The molecule has 0 aliphatic heterocycles. The van der Waals surface area contributed by atoms with E-state index in [9.17, 15) is 0 Å². The van der Waals surface area contributed by atoms with Crippen molar-refractivity contribution in [2.45, 2.75) is 32.6 Å². The predicted octanol–water partition coefficient (Wildman–Crippen LogP) is 3.55. The van der Waals surface area contributed by atoms with Gasteiger partial charge in [0.05, 0.1) is 0 Å². The van der Waals surface area contributed by atoms with Gasteiger partial charge in [-0.2, -0.15) is 0 Å². The van der Waals surface area contributed by atoms with Crippen LogP contribution in [0.1, 0.15) is 43.7 Å². The van der Waals surface area contributed by atoms with Crippen LogP contribution in [-0.4, -0.2) is 0 Å². The van der Waals surface area contributed by atoms with Gasteiger partial charge in [0.25, 0.3) is 0 Å². The lowest BCUT2D eigenvalue weighted by Crippen LogP contribution is -1.91. The molecule has 13 heavy (non-hydrogen) atoms. The van der Waals surface area contributed by atoms with Crippen molar-refractivity contribution in [2.75, 3.05) is 0 Å². The average molecular weight is 172 g/mol. The average Bonchev–Trinajstić information content (AvgIpc) is 2.17. The Morgan fingerprint density at radius 1 is 1.00 bits per heavy atom. The molecule has 68 valence electrons. The molecule has 0 fully saturated rings. The Morgan fingerprint density at radius 3 is 1.85 bits per heavy atom. The summed E-state index contributed by atoms with van der Waals surface area (Å²) in [6.07, 6.45) is 5.35.